The molecule has 0 heterocycles. The summed E-state index contributed by atoms with van der Waals surface area (Å²) in [5, 5.41) is 8.98. The fourth-order valence-electron chi connectivity index (χ4n) is 2.76. The molecule has 7 heteroatoms. The van der Waals surface area contributed by atoms with Crippen molar-refractivity contribution in [2.45, 2.75) is 84.0 Å². The fraction of sp³-hybridized carbons (Fsp3) is 1.00. The van der Waals surface area contributed by atoms with Crippen LogP contribution in [-0.4, -0.2) is 43.4 Å². The maximum Gasteiger partial charge on any atom is 0.102 e. The monoisotopic (exact) mass is 385 g/mol. The van der Waals surface area contributed by atoms with Crippen LogP contribution in [0.15, 0.2) is 0 Å². The topological polar surface area (TPSA) is 112 Å². The smallest absolute Gasteiger partial charge is 0.102 e. The summed E-state index contributed by atoms with van der Waals surface area (Å²) in [5.41, 5.74) is 0. The third-order valence-corrected chi connectivity index (χ3v) is 4.32. The number of halogens is 1. The van der Waals surface area contributed by atoms with Gasteiger partial charge in [-0.3, -0.25) is 0 Å². The molecular weight excluding hydrogens is 346 g/mol. The van der Waals surface area contributed by atoms with Crippen LogP contribution >= 0.6 is 0 Å². The van der Waals surface area contributed by atoms with Crippen molar-refractivity contribution in [3.8, 4) is 0 Å². The highest BCUT2D eigenvalue weighted by Gasteiger charge is 2.12. The zero-order valence-electron chi connectivity index (χ0n) is 16.5. The van der Waals surface area contributed by atoms with Gasteiger partial charge in [-0.15, -0.1) is 10.2 Å². The minimum atomic E-state index is -4.94. The molecule has 154 valence electrons. The predicted octanol–water partition coefficient (Wildman–Crippen LogP) is 0.000200. The molecule has 25 heavy (non-hydrogen) atoms. The van der Waals surface area contributed by atoms with E-state index >= 15 is 0 Å². The molecule has 0 radical (unpaired) electrons. The van der Waals surface area contributed by atoms with Crippen molar-refractivity contribution in [1.29, 1.82) is 0 Å². The van der Waals surface area contributed by atoms with Crippen LogP contribution in [0.5, 0.6) is 0 Å². The molecule has 1 N–H and O–H groups in total. The number of quaternary nitrogens is 1. The molecule has 0 aromatic heterocycles. The van der Waals surface area contributed by atoms with Crippen molar-refractivity contribution >= 4 is 0 Å². The average molecular weight is 386 g/mol. The van der Waals surface area contributed by atoms with Crippen LogP contribution in [-0.2, 0) is 0 Å². The van der Waals surface area contributed by atoms with Crippen LogP contribution in [0, 0.1) is 10.2 Å². The van der Waals surface area contributed by atoms with Crippen molar-refractivity contribution in [2.75, 3.05) is 33.8 Å². The summed E-state index contributed by atoms with van der Waals surface area (Å²) in [4.78, 5) is 0. The highest BCUT2D eigenvalue weighted by Crippen LogP contribution is 2.12. The van der Waals surface area contributed by atoms with Crippen molar-refractivity contribution in [2.24, 2.45) is 0 Å². The van der Waals surface area contributed by atoms with Gasteiger partial charge in [0.15, 0.2) is 0 Å². The molecule has 0 saturated carbocycles. The van der Waals surface area contributed by atoms with Crippen molar-refractivity contribution in [1.82, 2.24) is 0 Å². The van der Waals surface area contributed by atoms with Gasteiger partial charge < -0.3 is 9.59 Å². The molecule has 0 bridgehead atoms. The zero-order chi connectivity index (χ0) is 19.6. The summed E-state index contributed by atoms with van der Waals surface area (Å²) >= 11 is 0. The standard InChI is InChI=1S/C18H40NO.ClHO4/c1-4-5-6-7-8-9-10-11-12-13-14-15-16-19(2,3)17-18-20;2-1(3,4)5/h20H,4-18H2,1-3H3;(H,2,3,4,5)/q+1;/p-1. The molecule has 0 aliphatic heterocycles. The lowest BCUT2D eigenvalue weighted by Gasteiger charge is -2.28. The number of aliphatic hydroxyl groups is 1. The predicted molar refractivity (Wildman–Crippen MR) is 90.0 cm³/mol. The van der Waals surface area contributed by atoms with Crippen LogP contribution in [0.1, 0.15) is 84.0 Å². The minimum absolute atomic E-state index is 0.311. The molecule has 0 aromatic carbocycles. The molecular formula is C18H40ClNO5. The quantitative estimate of drug-likeness (QED) is 0.315. The molecule has 0 rings (SSSR count). The van der Waals surface area contributed by atoms with Crippen LogP contribution in [0.2, 0.25) is 0 Å². The largest absolute Gasteiger partial charge is 0.391 e. The summed E-state index contributed by atoms with van der Waals surface area (Å²) in [6, 6.07) is 0. The maximum atomic E-state index is 8.98. The summed E-state index contributed by atoms with van der Waals surface area (Å²) in [6.07, 6.45) is 16.9. The lowest BCUT2D eigenvalue weighted by atomic mass is 10.1. The van der Waals surface area contributed by atoms with Crippen LogP contribution < -0.4 is 18.6 Å². The van der Waals surface area contributed by atoms with Gasteiger partial charge in [0, 0.05) is 0 Å². The van der Waals surface area contributed by atoms with Crippen molar-refractivity contribution in [3.05, 3.63) is 0 Å². The number of hydrogen-bond donors (Lipinski definition) is 1. The van der Waals surface area contributed by atoms with Gasteiger partial charge in [0.25, 0.3) is 0 Å². The number of likely N-dealkylation sites (N-methyl/N-ethyl adjacent to an activating group) is 1. The minimum Gasteiger partial charge on any atom is -0.391 e. The van der Waals surface area contributed by atoms with E-state index in [1.165, 1.54) is 83.6 Å². The van der Waals surface area contributed by atoms with Gasteiger partial charge in [0.05, 0.1) is 27.2 Å². The number of rotatable bonds is 15. The maximum absolute atomic E-state index is 8.98. The molecule has 0 aliphatic rings. The second-order valence-electron chi connectivity index (χ2n) is 7.37. The van der Waals surface area contributed by atoms with E-state index in [1.807, 2.05) is 0 Å². The van der Waals surface area contributed by atoms with E-state index in [4.69, 9.17) is 23.7 Å². The molecule has 0 fully saturated rings. The SMILES string of the molecule is CCCCCCCCCCCCCC[N+](C)(C)CCO.[O-][Cl+3]([O-])([O-])[O-]. The van der Waals surface area contributed by atoms with Gasteiger partial charge >= 0.3 is 0 Å². The first-order chi connectivity index (χ1) is 11.6. The van der Waals surface area contributed by atoms with E-state index in [-0.39, 0.29) is 0 Å². The first kappa shape index (κ1) is 27.3. The first-order valence-electron chi connectivity index (χ1n) is 9.67. The van der Waals surface area contributed by atoms with Gasteiger partial charge in [-0.2, -0.15) is 0 Å². The fourth-order valence-corrected chi connectivity index (χ4v) is 2.76. The van der Waals surface area contributed by atoms with Crippen molar-refractivity contribution in [3.63, 3.8) is 0 Å². The zero-order valence-corrected chi connectivity index (χ0v) is 17.3. The Bertz CT molecular complexity index is 267. The van der Waals surface area contributed by atoms with Crippen LogP contribution in [0.4, 0.5) is 0 Å². The normalized spacial score (nSPS) is 12.0. The Morgan fingerprint density at radius 3 is 1.28 bits per heavy atom. The van der Waals surface area contributed by atoms with Crippen molar-refractivity contribution < 1.29 is 38.5 Å². The molecule has 0 amide bonds. The highest BCUT2D eigenvalue weighted by molar-refractivity contribution is 4.48. The number of nitrogens with zero attached hydrogens (tertiary/aromatic N) is 1. The van der Waals surface area contributed by atoms with E-state index in [0.717, 1.165) is 11.0 Å². The Hall–Kier alpha value is 0.0500. The molecule has 0 aliphatic carbocycles. The summed E-state index contributed by atoms with van der Waals surface area (Å²) in [5.74, 6) is 0. The van der Waals surface area contributed by atoms with Gasteiger partial charge in [-0.25, -0.2) is 18.6 Å². The second kappa shape index (κ2) is 17.5. The second-order valence-corrected chi connectivity index (χ2v) is 8.13. The van der Waals surface area contributed by atoms with E-state index < -0.39 is 10.2 Å². The molecule has 0 unspecified atom stereocenters. The lowest BCUT2D eigenvalue weighted by molar-refractivity contribution is -2.00. The van der Waals surface area contributed by atoms with Gasteiger partial charge in [-0.1, -0.05) is 71.1 Å². The van der Waals surface area contributed by atoms with E-state index in [0.29, 0.717) is 6.61 Å². The average Bonchev–Trinajstić information content (AvgIpc) is 2.46. The Labute approximate surface area is 156 Å². The van der Waals surface area contributed by atoms with Crippen LogP contribution in [0.3, 0.4) is 0 Å². The molecule has 6 nitrogen and oxygen atoms in total. The number of hydrogen-bond acceptors (Lipinski definition) is 5. The van der Waals surface area contributed by atoms with E-state index in [2.05, 4.69) is 21.0 Å². The number of aliphatic hydroxyl groups excluding tert-OH is 1. The van der Waals surface area contributed by atoms with Gasteiger partial charge in [0.2, 0.25) is 0 Å². The van der Waals surface area contributed by atoms with Gasteiger partial charge in [-0.05, 0) is 12.8 Å². The van der Waals surface area contributed by atoms with Gasteiger partial charge in [0.1, 0.15) is 6.54 Å². The Morgan fingerprint density at radius 2 is 0.960 bits per heavy atom. The first-order valence-corrected chi connectivity index (χ1v) is 10.9. The number of unbranched alkanes of at least 4 members (excludes halogenated alkanes) is 11. The molecule has 0 saturated heterocycles. The molecule has 0 spiro atoms. The Kier molecular flexibility index (Phi) is 19.0. The van der Waals surface area contributed by atoms with Crippen LogP contribution in [0.25, 0.3) is 0 Å². The summed E-state index contributed by atoms with van der Waals surface area (Å²) < 4.78 is 34.9. The third kappa shape index (κ3) is 32.2. The highest BCUT2D eigenvalue weighted by atomic mass is 35.7. The summed E-state index contributed by atoms with van der Waals surface area (Å²) in [6.45, 7) is 4.69. The van der Waals surface area contributed by atoms with E-state index in [9.17, 15) is 0 Å². The Balaban J connectivity index is 0. The Morgan fingerprint density at radius 1 is 0.640 bits per heavy atom. The molecule has 0 aromatic rings. The summed E-state index contributed by atoms with van der Waals surface area (Å²) in [7, 11) is -0.510. The molecule has 0 atom stereocenters. The van der Waals surface area contributed by atoms with E-state index in [1.54, 1.807) is 0 Å². The third-order valence-electron chi connectivity index (χ3n) is 4.32. The lowest BCUT2D eigenvalue weighted by Crippen LogP contribution is -2.68.